The SMILES string of the molecule is O=C(O)C=Cc1cccc(N2CCCCCC2=O)n1. The Bertz CT molecular complexity index is 511. The maximum atomic E-state index is 12.0. The Hall–Kier alpha value is -2.17. The number of hydrogen-bond donors (Lipinski definition) is 1. The van der Waals surface area contributed by atoms with Crippen LogP contribution in [0.4, 0.5) is 5.82 Å². The number of hydrogen-bond acceptors (Lipinski definition) is 3. The molecule has 1 fully saturated rings. The molecular weight excluding hydrogens is 244 g/mol. The average molecular weight is 260 g/mol. The number of carbonyl (C=O) groups is 2. The lowest BCUT2D eigenvalue weighted by molar-refractivity contribution is -0.131. The van der Waals surface area contributed by atoms with Crippen LogP contribution in [-0.2, 0) is 9.59 Å². The zero-order valence-electron chi connectivity index (χ0n) is 10.6. The van der Waals surface area contributed by atoms with Crippen LogP contribution in [0.5, 0.6) is 0 Å². The average Bonchev–Trinajstić information content (AvgIpc) is 2.61. The van der Waals surface area contributed by atoms with Crippen LogP contribution in [0.15, 0.2) is 24.3 Å². The Morgan fingerprint density at radius 3 is 2.95 bits per heavy atom. The van der Waals surface area contributed by atoms with Gasteiger partial charge in [-0.15, -0.1) is 0 Å². The molecule has 1 aliphatic heterocycles. The lowest BCUT2D eigenvalue weighted by Gasteiger charge is -2.19. The van der Waals surface area contributed by atoms with Crippen LogP contribution in [0.25, 0.3) is 6.08 Å². The van der Waals surface area contributed by atoms with Crippen molar-refractivity contribution >= 4 is 23.8 Å². The predicted molar refractivity (Wildman–Crippen MR) is 71.7 cm³/mol. The molecule has 1 aromatic rings. The Morgan fingerprint density at radius 1 is 1.32 bits per heavy atom. The van der Waals surface area contributed by atoms with Gasteiger partial charge in [0.1, 0.15) is 5.82 Å². The molecular formula is C14H16N2O3. The number of nitrogens with zero attached hydrogens (tertiary/aromatic N) is 2. The Labute approximate surface area is 111 Å². The highest BCUT2D eigenvalue weighted by Crippen LogP contribution is 2.19. The molecule has 19 heavy (non-hydrogen) atoms. The topological polar surface area (TPSA) is 70.5 Å². The summed E-state index contributed by atoms with van der Waals surface area (Å²) in [7, 11) is 0. The molecule has 1 aliphatic rings. The van der Waals surface area contributed by atoms with Gasteiger partial charge in [0.15, 0.2) is 0 Å². The zero-order chi connectivity index (χ0) is 13.7. The van der Waals surface area contributed by atoms with E-state index < -0.39 is 5.97 Å². The van der Waals surface area contributed by atoms with Gasteiger partial charge in [-0.3, -0.25) is 9.69 Å². The van der Waals surface area contributed by atoms with E-state index in [1.54, 1.807) is 23.1 Å². The van der Waals surface area contributed by atoms with Gasteiger partial charge in [0.2, 0.25) is 5.91 Å². The molecule has 0 atom stereocenters. The second-order valence-corrected chi connectivity index (χ2v) is 4.45. The molecule has 100 valence electrons. The third-order valence-corrected chi connectivity index (χ3v) is 3.00. The van der Waals surface area contributed by atoms with Crippen LogP contribution in [0.3, 0.4) is 0 Å². The molecule has 1 aromatic heterocycles. The van der Waals surface area contributed by atoms with Crippen molar-refractivity contribution in [3.63, 3.8) is 0 Å². The lowest BCUT2D eigenvalue weighted by Crippen LogP contribution is -2.30. The largest absolute Gasteiger partial charge is 0.478 e. The minimum atomic E-state index is -1.02. The second kappa shape index (κ2) is 6.13. The third-order valence-electron chi connectivity index (χ3n) is 3.00. The number of amides is 1. The van der Waals surface area contributed by atoms with Crippen LogP contribution in [0, 0.1) is 0 Å². The summed E-state index contributed by atoms with van der Waals surface area (Å²) in [6.45, 7) is 0.679. The standard InChI is InChI=1S/C14H16N2O3/c17-13-7-2-1-3-10-16(13)12-6-4-5-11(15-12)8-9-14(18)19/h4-6,8-9H,1-3,7,10H2,(H,18,19). The molecule has 5 heteroatoms. The van der Waals surface area contributed by atoms with Gasteiger partial charge in [0.25, 0.3) is 0 Å². The van der Waals surface area contributed by atoms with Crippen LogP contribution in [0.1, 0.15) is 31.4 Å². The fraction of sp³-hybridized carbons (Fsp3) is 0.357. The molecule has 0 aliphatic carbocycles. The van der Waals surface area contributed by atoms with E-state index in [0.29, 0.717) is 24.5 Å². The maximum Gasteiger partial charge on any atom is 0.328 e. The molecule has 0 spiro atoms. The highest BCUT2D eigenvalue weighted by atomic mass is 16.4. The second-order valence-electron chi connectivity index (χ2n) is 4.45. The number of pyridine rings is 1. The van der Waals surface area contributed by atoms with E-state index in [2.05, 4.69) is 4.98 Å². The summed E-state index contributed by atoms with van der Waals surface area (Å²) in [5, 5.41) is 8.59. The van der Waals surface area contributed by atoms with Crippen molar-refractivity contribution < 1.29 is 14.7 Å². The van der Waals surface area contributed by atoms with Gasteiger partial charge < -0.3 is 5.11 Å². The lowest BCUT2D eigenvalue weighted by atomic mass is 10.2. The van der Waals surface area contributed by atoms with Gasteiger partial charge in [-0.2, -0.15) is 0 Å². The summed E-state index contributed by atoms with van der Waals surface area (Å²) >= 11 is 0. The van der Waals surface area contributed by atoms with Crippen LogP contribution >= 0.6 is 0 Å². The quantitative estimate of drug-likeness (QED) is 0.845. The van der Waals surface area contributed by atoms with Gasteiger partial charge in [0, 0.05) is 19.0 Å². The monoisotopic (exact) mass is 260 g/mol. The first-order valence-corrected chi connectivity index (χ1v) is 6.35. The van der Waals surface area contributed by atoms with Crippen molar-refractivity contribution in [2.24, 2.45) is 0 Å². The molecule has 0 bridgehead atoms. The predicted octanol–water partition coefficient (Wildman–Crippen LogP) is 2.09. The van der Waals surface area contributed by atoms with Crippen molar-refractivity contribution in [1.29, 1.82) is 0 Å². The first-order valence-electron chi connectivity index (χ1n) is 6.35. The van der Waals surface area contributed by atoms with Gasteiger partial charge in [-0.1, -0.05) is 12.5 Å². The van der Waals surface area contributed by atoms with E-state index in [-0.39, 0.29) is 5.91 Å². The third kappa shape index (κ3) is 3.64. The number of rotatable bonds is 3. The van der Waals surface area contributed by atoms with Crippen molar-refractivity contribution in [2.75, 3.05) is 11.4 Å². The zero-order valence-corrected chi connectivity index (χ0v) is 10.6. The van der Waals surface area contributed by atoms with Gasteiger partial charge in [-0.05, 0) is 31.1 Å². The normalized spacial score (nSPS) is 16.6. The van der Waals surface area contributed by atoms with Crippen LogP contribution < -0.4 is 4.90 Å². The smallest absolute Gasteiger partial charge is 0.328 e. The van der Waals surface area contributed by atoms with E-state index in [0.717, 1.165) is 25.3 Å². The van der Waals surface area contributed by atoms with Crippen molar-refractivity contribution in [3.05, 3.63) is 30.0 Å². The maximum absolute atomic E-state index is 12.0. The highest BCUT2D eigenvalue weighted by Gasteiger charge is 2.19. The van der Waals surface area contributed by atoms with Crippen molar-refractivity contribution in [2.45, 2.75) is 25.7 Å². The summed E-state index contributed by atoms with van der Waals surface area (Å²) < 4.78 is 0. The molecule has 2 rings (SSSR count). The first-order chi connectivity index (χ1) is 9.16. The molecule has 0 saturated carbocycles. The number of aromatic nitrogens is 1. The van der Waals surface area contributed by atoms with Crippen LogP contribution in [-0.4, -0.2) is 28.5 Å². The van der Waals surface area contributed by atoms with Gasteiger partial charge in [0.05, 0.1) is 5.69 Å². The van der Waals surface area contributed by atoms with Gasteiger partial charge in [-0.25, -0.2) is 9.78 Å². The van der Waals surface area contributed by atoms with E-state index in [4.69, 9.17) is 5.11 Å². The van der Waals surface area contributed by atoms with Crippen molar-refractivity contribution in [1.82, 2.24) is 4.98 Å². The molecule has 2 heterocycles. The number of carboxylic acid groups (broad SMARTS) is 1. The van der Waals surface area contributed by atoms with E-state index >= 15 is 0 Å². The summed E-state index contributed by atoms with van der Waals surface area (Å²) in [6, 6.07) is 5.27. The van der Waals surface area contributed by atoms with Gasteiger partial charge >= 0.3 is 5.97 Å². The minimum absolute atomic E-state index is 0.0874. The molecule has 1 N–H and O–H groups in total. The molecule has 1 amide bonds. The molecule has 0 unspecified atom stereocenters. The molecule has 5 nitrogen and oxygen atoms in total. The summed E-state index contributed by atoms with van der Waals surface area (Å²) in [5.41, 5.74) is 0.539. The number of carbonyl (C=O) groups excluding carboxylic acids is 1. The Morgan fingerprint density at radius 2 is 2.16 bits per heavy atom. The van der Waals surface area contributed by atoms with E-state index in [9.17, 15) is 9.59 Å². The Kier molecular flexibility index (Phi) is 4.28. The summed E-state index contributed by atoms with van der Waals surface area (Å²) in [6.07, 6.45) is 5.97. The fourth-order valence-corrected chi connectivity index (χ4v) is 2.06. The highest BCUT2D eigenvalue weighted by molar-refractivity contribution is 5.92. The molecule has 0 radical (unpaired) electrons. The Balaban J connectivity index is 2.21. The number of carboxylic acids is 1. The molecule has 1 saturated heterocycles. The summed E-state index contributed by atoms with van der Waals surface area (Å²) in [4.78, 5) is 28.4. The number of aliphatic carboxylic acids is 1. The van der Waals surface area contributed by atoms with E-state index in [1.807, 2.05) is 0 Å². The molecule has 0 aromatic carbocycles. The first kappa shape index (κ1) is 13.3. The van der Waals surface area contributed by atoms with Crippen molar-refractivity contribution in [3.8, 4) is 0 Å². The minimum Gasteiger partial charge on any atom is -0.478 e. The fourth-order valence-electron chi connectivity index (χ4n) is 2.06. The summed E-state index contributed by atoms with van der Waals surface area (Å²) in [5.74, 6) is -0.332. The van der Waals surface area contributed by atoms with E-state index in [1.165, 1.54) is 6.08 Å². The number of anilines is 1. The van der Waals surface area contributed by atoms with Crippen LogP contribution in [0.2, 0.25) is 0 Å².